The second-order valence-electron chi connectivity index (χ2n) is 7.13. The summed E-state index contributed by atoms with van der Waals surface area (Å²) in [5.41, 5.74) is 4.52. The molecule has 0 atom stereocenters. The van der Waals surface area contributed by atoms with E-state index in [1.807, 2.05) is 42.5 Å². The number of nitrogens with one attached hydrogen (secondary N) is 2. The summed E-state index contributed by atoms with van der Waals surface area (Å²) in [6, 6.07) is 23.5. The number of halogens is 1. The number of carbonyl (C=O) groups excluding carboxylic acids is 2. The predicted octanol–water partition coefficient (Wildman–Crippen LogP) is 4.72. The molecule has 7 nitrogen and oxygen atoms in total. The van der Waals surface area contributed by atoms with Crippen LogP contribution in [0, 0.1) is 0 Å². The highest BCUT2D eigenvalue weighted by Crippen LogP contribution is 2.33. The van der Waals surface area contributed by atoms with Crippen LogP contribution in [0.25, 0.3) is 12.2 Å². The van der Waals surface area contributed by atoms with Crippen molar-refractivity contribution in [2.75, 3.05) is 6.79 Å². The molecule has 0 spiro atoms. The lowest BCUT2D eigenvalue weighted by Crippen LogP contribution is -2.32. The molecule has 0 bridgehead atoms. The van der Waals surface area contributed by atoms with Gasteiger partial charge in [-0.3, -0.25) is 9.59 Å². The molecule has 0 unspecified atom stereocenters. The van der Waals surface area contributed by atoms with Gasteiger partial charge in [-0.25, -0.2) is 5.43 Å². The average molecular weight is 518 g/mol. The maximum Gasteiger partial charge on any atom is 0.287 e. The number of hydrogen-bond donors (Lipinski definition) is 2. The highest BCUT2D eigenvalue weighted by Gasteiger charge is 2.16. The Kier molecular flexibility index (Phi) is 7.52. The van der Waals surface area contributed by atoms with Crippen LogP contribution in [0.2, 0.25) is 0 Å². The number of benzene rings is 3. The number of fused-ring (bicyclic) bond motifs is 1. The molecule has 0 aromatic heterocycles. The van der Waals surface area contributed by atoms with Crippen molar-refractivity contribution in [1.82, 2.24) is 10.7 Å². The van der Waals surface area contributed by atoms with Gasteiger partial charge in [0.05, 0.1) is 6.21 Å². The Hall–Kier alpha value is -4.17. The quantitative estimate of drug-likeness (QED) is 0.269. The highest BCUT2D eigenvalue weighted by atomic mass is 79.9. The monoisotopic (exact) mass is 517 g/mol. The van der Waals surface area contributed by atoms with Gasteiger partial charge in [-0.15, -0.1) is 0 Å². The number of carbonyl (C=O) groups is 2. The third-order valence-corrected chi connectivity index (χ3v) is 5.13. The minimum Gasteiger partial charge on any atom is -0.454 e. The van der Waals surface area contributed by atoms with Crippen molar-refractivity contribution in [3.8, 4) is 11.5 Å². The van der Waals surface area contributed by atoms with Crippen LogP contribution in [0.4, 0.5) is 0 Å². The fourth-order valence-corrected chi connectivity index (χ4v) is 3.44. The normalized spacial score (nSPS) is 13.1. The summed E-state index contributed by atoms with van der Waals surface area (Å²) in [5, 5.41) is 6.66. The van der Waals surface area contributed by atoms with E-state index in [4.69, 9.17) is 9.47 Å². The largest absolute Gasteiger partial charge is 0.454 e. The molecule has 170 valence electrons. The van der Waals surface area contributed by atoms with E-state index >= 15 is 0 Å². The molecule has 2 amide bonds. The lowest BCUT2D eigenvalue weighted by Gasteiger charge is -2.09. The Labute approximate surface area is 204 Å². The molecule has 8 heteroatoms. The summed E-state index contributed by atoms with van der Waals surface area (Å²) >= 11 is 3.41. The van der Waals surface area contributed by atoms with Gasteiger partial charge in [0.15, 0.2) is 11.5 Å². The molecular weight excluding hydrogens is 498 g/mol. The molecule has 0 saturated carbocycles. The summed E-state index contributed by atoms with van der Waals surface area (Å²) in [4.78, 5) is 25.6. The highest BCUT2D eigenvalue weighted by molar-refractivity contribution is 9.12. The van der Waals surface area contributed by atoms with Gasteiger partial charge in [0.2, 0.25) is 6.79 Å². The van der Waals surface area contributed by atoms with Crippen molar-refractivity contribution in [1.29, 1.82) is 0 Å². The first kappa shape index (κ1) is 23.0. The molecule has 3 aromatic carbocycles. The van der Waals surface area contributed by atoms with Crippen LogP contribution in [-0.4, -0.2) is 24.8 Å². The Bertz CT molecular complexity index is 1270. The zero-order chi connectivity index (χ0) is 23.8. The summed E-state index contributed by atoms with van der Waals surface area (Å²) < 4.78 is 11.4. The van der Waals surface area contributed by atoms with Gasteiger partial charge in [-0.1, -0.05) is 54.6 Å². The van der Waals surface area contributed by atoms with Crippen LogP contribution < -0.4 is 20.2 Å². The molecule has 0 radical (unpaired) electrons. The maximum absolute atomic E-state index is 12.9. The van der Waals surface area contributed by atoms with Gasteiger partial charge in [0, 0.05) is 10.0 Å². The van der Waals surface area contributed by atoms with Gasteiger partial charge in [0.25, 0.3) is 11.8 Å². The SMILES string of the molecule is O=C(N/N=C\C(Br)=C\c1ccccc1)/C(=C\c1ccc2c(c1)OCO2)NC(=O)c1ccccc1. The first-order chi connectivity index (χ1) is 16.6. The summed E-state index contributed by atoms with van der Waals surface area (Å²) in [7, 11) is 0. The van der Waals surface area contributed by atoms with Crippen molar-refractivity contribution in [2.45, 2.75) is 0 Å². The number of nitrogens with zero attached hydrogens (tertiary/aromatic N) is 1. The van der Waals surface area contributed by atoms with Crippen molar-refractivity contribution in [3.63, 3.8) is 0 Å². The Balaban J connectivity index is 1.52. The van der Waals surface area contributed by atoms with Gasteiger partial charge >= 0.3 is 0 Å². The minimum absolute atomic E-state index is 0.0213. The zero-order valence-corrected chi connectivity index (χ0v) is 19.5. The van der Waals surface area contributed by atoms with E-state index in [0.717, 1.165) is 5.56 Å². The average Bonchev–Trinajstić information content (AvgIpc) is 3.32. The van der Waals surface area contributed by atoms with E-state index in [-0.39, 0.29) is 12.5 Å². The number of ether oxygens (including phenoxy) is 2. The smallest absolute Gasteiger partial charge is 0.287 e. The molecular formula is C26H20BrN3O4. The third kappa shape index (κ3) is 6.20. The lowest BCUT2D eigenvalue weighted by molar-refractivity contribution is -0.117. The van der Waals surface area contributed by atoms with Crippen LogP contribution >= 0.6 is 15.9 Å². The molecule has 1 aliphatic rings. The Morgan fingerprint density at radius 3 is 2.32 bits per heavy atom. The van der Waals surface area contributed by atoms with E-state index in [1.165, 1.54) is 6.21 Å². The number of hydrogen-bond acceptors (Lipinski definition) is 5. The predicted molar refractivity (Wildman–Crippen MR) is 134 cm³/mol. The number of rotatable bonds is 7. The van der Waals surface area contributed by atoms with Crippen molar-refractivity contribution < 1.29 is 19.1 Å². The molecule has 0 saturated heterocycles. The molecule has 34 heavy (non-hydrogen) atoms. The molecule has 1 heterocycles. The molecule has 1 aliphatic heterocycles. The third-order valence-electron chi connectivity index (χ3n) is 4.69. The van der Waals surface area contributed by atoms with E-state index in [9.17, 15) is 9.59 Å². The van der Waals surface area contributed by atoms with Gasteiger partial charge in [-0.05, 0) is 63.5 Å². The summed E-state index contributed by atoms with van der Waals surface area (Å²) in [6.07, 6.45) is 4.86. The van der Waals surface area contributed by atoms with E-state index < -0.39 is 11.8 Å². The van der Waals surface area contributed by atoms with E-state index in [1.54, 1.807) is 48.5 Å². The molecule has 4 rings (SSSR count). The van der Waals surface area contributed by atoms with Crippen LogP contribution in [0.1, 0.15) is 21.5 Å². The topological polar surface area (TPSA) is 89.0 Å². The fourth-order valence-electron chi connectivity index (χ4n) is 3.07. The second kappa shape index (κ2) is 11.1. The van der Waals surface area contributed by atoms with Crippen molar-refractivity contribution in [2.24, 2.45) is 5.10 Å². The molecule has 2 N–H and O–H groups in total. The number of amides is 2. The first-order valence-corrected chi connectivity index (χ1v) is 11.1. The van der Waals surface area contributed by atoms with Crippen LogP contribution in [0.15, 0.2) is 94.1 Å². The van der Waals surface area contributed by atoms with Crippen LogP contribution in [0.3, 0.4) is 0 Å². The number of hydrazone groups is 1. The molecule has 3 aromatic rings. The van der Waals surface area contributed by atoms with E-state index in [2.05, 4.69) is 31.8 Å². The number of allylic oxidation sites excluding steroid dienone is 1. The second-order valence-corrected chi connectivity index (χ2v) is 8.05. The molecule has 0 fully saturated rings. The zero-order valence-electron chi connectivity index (χ0n) is 17.9. The van der Waals surface area contributed by atoms with Gasteiger partial charge in [0.1, 0.15) is 5.70 Å². The maximum atomic E-state index is 12.9. The van der Waals surface area contributed by atoms with Gasteiger partial charge in [-0.2, -0.15) is 5.10 Å². The molecule has 0 aliphatic carbocycles. The fraction of sp³-hybridized carbons (Fsp3) is 0.0385. The summed E-state index contributed by atoms with van der Waals surface area (Å²) in [5.74, 6) is 0.183. The first-order valence-electron chi connectivity index (χ1n) is 10.3. The lowest BCUT2D eigenvalue weighted by atomic mass is 10.1. The van der Waals surface area contributed by atoms with Crippen molar-refractivity contribution >= 4 is 46.1 Å². The Morgan fingerprint density at radius 1 is 0.853 bits per heavy atom. The van der Waals surface area contributed by atoms with E-state index in [0.29, 0.717) is 27.1 Å². The van der Waals surface area contributed by atoms with Crippen LogP contribution in [-0.2, 0) is 4.79 Å². The standard InChI is InChI=1S/C26H20BrN3O4/c27-21(13-18-7-3-1-4-8-18)16-28-30-26(32)22(29-25(31)20-9-5-2-6-10-20)14-19-11-12-23-24(15-19)34-17-33-23/h1-16H,17H2,(H,29,31)(H,30,32)/b21-13-,22-14+,28-16-. The summed E-state index contributed by atoms with van der Waals surface area (Å²) in [6.45, 7) is 0.140. The van der Waals surface area contributed by atoms with Crippen molar-refractivity contribution in [3.05, 3.63) is 106 Å². The minimum atomic E-state index is -0.585. The van der Waals surface area contributed by atoms with Gasteiger partial charge < -0.3 is 14.8 Å². The Morgan fingerprint density at radius 2 is 1.56 bits per heavy atom. The van der Waals surface area contributed by atoms with Crippen LogP contribution in [0.5, 0.6) is 11.5 Å².